The first-order valence-electron chi connectivity index (χ1n) is 15.3. The number of hydrogen-bond acceptors (Lipinski definition) is 5. The van der Waals surface area contributed by atoms with Crippen LogP contribution in [0.5, 0.6) is 5.75 Å². The first-order chi connectivity index (χ1) is 22.0. The average molecular weight is 668 g/mol. The molecule has 3 aromatic rings. The number of amides is 4. The van der Waals surface area contributed by atoms with Crippen LogP contribution >= 0.6 is 23.2 Å². The van der Waals surface area contributed by atoms with Gasteiger partial charge in [0, 0.05) is 32.0 Å². The Hall–Kier alpha value is -4.08. The number of halogens is 2. The molecule has 3 aromatic carbocycles. The zero-order valence-corrected chi connectivity index (χ0v) is 27.8. The van der Waals surface area contributed by atoms with Gasteiger partial charge in [-0.15, -0.1) is 0 Å². The molecule has 0 radical (unpaired) electrons. The Morgan fingerprint density at radius 2 is 1.61 bits per heavy atom. The molecule has 4 rings (SSSR count). The van der Waals surface area contributed by atoms with Crippen LogP contribution in [0.4, 0.5) is 0 Å². The summed E-state index contributed by atoms with van der Waals surface area (Å²) in [6.45, 7) is 4.07. The van der Waals surface area contributed by atoms with Gasteiger partial charge in [0.25, 0.3) is 0 Å². The van der Waals surface area contributed by atoms with Crippen LogP contribution in [0.3, 0.4) is 0 Å². The number of carbonyl (C=O) groups is 4. The van der Waals surface area contributed by atoms with Crippen molar-refractivity contribution in [2.75, 3.05) is 20.2 Å². The Kier molecular flexibility index (Phi) is 12.5. The molecule has 11 heteroatoms. The lowest BCUT2D eigenvalue weighted by Gasteiger charge is -2.29. The van der Waals surface area contributed by atoms with E-state index in [2.05, 4.69) is 16.0 Å². The second-order valence-corrected chi connectivity index (χ2v) is 12.6. The van der Waals surface area contributed by atoms with Crippen LogP contribution in [0.2, 0.25) is 10.0 Å². The number of methoxy groups -OCH3 is 1. The number of benzene rings is 3. The van der Waals surface area contributed by atoms with Gasteiger partial charge < -0.3 is 25.6 Å². The van der Waals surface area contributed by atoms with Gasteiger partial charge in [0.2, 0.25) is 23.6 Å². The second kappa shape index (κ2) is 16.5. The maximum atomic E-state index is 14.3. The first kappa shape index (κ1) is 34.8. The Morgan fingerprint density at radius 1 is 0.848 bits per heavy atom. The van der Waals surface area contributed by atoms with E-state index in [1.807, 2.05) is 62.4 Å². The lowest BCUT2D eigenvalue weighted by Crippen LogP contribution is -2.54. The molecular formula is C35H40Cl2N4O5. The van der Waals surface area contributed by atoms with E-state index in [0.717, 1.165) is 16.7 Å². The smallest absolute Gasteiger partial charge is 0.245 e. The minimum atomic E-state index is -0.995. The monoisotopic (exact) mass is 666 g/mol. The summed E-state index contributed by atoms with van der Waals surface area (Å²) in [6, 6.07) is 18.5. The lowest BCUT2D eigenvalue weighted by atomic mass is 10.00. The van der Waals surface area contributed by atoms with E-state index >= 15 is 0 Å². The maximum absolute atomic E-state index is 14.3. The third kappa shape index (κ3) is 10.2. The SMILES string of the molecule is COc1cccc(CCN2CC(=O)N[C@@H](C(C)C)CC(=O)NCc3cccc(c3)CC(=O)N[C@@H](Cc3ccc(Cl)c(Cl)c3)C2=O)c1. The average Bonchev–Trinajstić information content (AvgIpc) is 3.02. The number of hydrogen-bond donors (Lipinski definition) is 3. The van der Waals surface area contributed by atoms with Crippen molar-refractivity contribution in [1.29, 1.82) is 0 Å². The molecule has 4 amide bonds. The van der Waals surface area contributed by atoms with Crippen molar-refractivity contribution < 1.29 is 23.9 Å². The number of fused-ring (bicyclic) bond motifs is 2. The van der Waals surface area contributed by atoms with E-state index < -0.39 is 23.9 Å². The number of nitrogens with zero attached hydrogens (tertiary/aromatic N) is 1. The fourth-order valence-corrected chi connectivity index (χ4v) is 5.63. The van der Waals surface area contributed by atoms with Crippen LogP contribution in [-0.2, 0) is 45.0 Å². The normalized spacial score (nSPS) is 18.4. The number of carbonyl (C=O) groups excluding carboxylic acids is 4. The van der Waals surface area contributed by atoms with E-state index in [9.17, 15) is 19.2 Å². The quantitative estimate of drug-likeness (QED) is 0.343. The van der Waals surface area contributed by atoms with Crippen LogP contribution in [0.1, 0.15) is 42.5 Å². The maximum Gasteiger partial charge on any atom is 0.245 e. The molecule has 0 aromatic heterocycles. The Morgan fingerprint density at radius 3 is 2.35 bits per heavy atom. The van der Waals surface area contributed by atoms with Gasteiger partial charge in [-0.1, -0.05) is 79.5 Å². The number of ether oxygens (including phenoxy) is 1. The molecular weight excluding hydrogens is 627 g/mol. The molecule has 0 saturated carbocycles. The van der Waals surface area contributed by atoms with Crippen LogP contribution in [-0.4, -0.2) is 60.8 Å². The summed E-state index contributed by atoms with van der Waals surface area (Å²) in [5.41, 5.74) is 3.18. The van der Waals surface area contributed by atoms with Gasteiger partial charge >= 0.3 is 0 Å². The summed E-state index contributed by atoms with van der Waals surface area (Å²) < 4.78 is 5.35. The minimum Gasteiger partial charge on any atom is -0.497 e. The zero-order chi connectivity index (χ0) is 33.2. The third-order valence-corrected chi connectivity index (χ3v) is 8.65. The molecule has 3 N–H and O–H groups in total. The van der Waals surface area contributed by atoms with Crippen molar-refractivity contribution in [2.24, 2.45) is 5.92 Å². The van der Waals surface area contributed by atoms with Crippen molar-refractivity contribution in [3.8, 4) is 5.75 Å². The van der Waals surface area contributed by atoms with E-state index in [1.54, 1.807) is 25.3 Å². The topological polar surface area (TPSA) is 117 Å². The molecule has 1 aliphatic heterocycles. The molecule has 46 heavy (non-hydrogen) atoms. The molecule has 0 aliphatic carbocycles. The molecule has 1 heterocycles. The highest BCUT2D eigenvalue weighted by Crippen LogP contribution is 2.24. The van der Waals surface area contributed by atoms with E-state index in [4.69, 9.17) is 27.9 Å². The van der Waals surface area contributed by atoms with Gasteiger partial charge in [0.05, 0.1) is 30.1 Å². The Balaban J connectivity index is 1.69. The van der Waals surface area contributed by atoms with Crippen molar-refractivity contribution in [2.45, 2.75) is 58.2 Å². The van der Waals surface area contributed by atoms with Gasteiger partial charge in [-0.2, -0.15) is 0 Å². The third-order valence-electron chi connectivity index (χ3n) is 7.91. The number of nitrogens with one attached hydrogen (secondary N) is 3. The van der Waals surface area contributed by atoms with Crippen molar-refractivity contribution in [3.05, 3.63) is 99.0 Å². The lowest BCUT2D eigenvalue weighted by molar-refractivity contribution is -0.139. The van der Waals surface area contributed by atoms with Crippen molar-refractivity contribution >= 4 is 46.8 Å². The minimum absolute atomic E-state index is 0.0205. The molecule has 0 fully saturated rings. The van der Waals surface area contributed by atoms with Gasteiger partial charge in [0.15, 0.2) is 0 Å². The van der Waals surface area contributed by atoms with E-state index in [0.29, 0.717) is 27.8 Å². The number of rotatable bonds is 7. The van der Waals surface area contributed by atoms with Gasteiger partial charge in [0.1, 0.15) is 11.8 Å². The highest BCUT2D eigenvalue weighted by Gasteiger charge is 2.29. The largest absolute Gasteiger partial charge is 0.497 e. The Bertz CT molecular complexity index is 1560. The summed E-state index contributed by atoms with van der Waals surface area (Å²) in [7, 11) is 1.58. The van der Waals surface area contributed by atoms with E-state index in [-0.39, 0.29) is 56.6 Å². The molecule has 0 unspecified atom stereocenters. The summed E-state index contributed by atoms with van der Waals surface area (Å²) >= 11 is 12.4. The van der Waals surface area contributed by atoms with Crippen LogP contribution in [0.25, 0.3) is 0 Å². The predicted octanol–water partition coefficient (Wildman–Crippen LogP) is 4.50. The molecule has 2 atom stereocenters. The van der Waals surface area contributed by atoms with Crippen LogP contribution in [0.15, 0.2) is 66.7 Å². The fraction of sp³-hybridized carbons (Fsp3) is 0.371. The predicted molar refractivity (Wildman–Crippen MR) is 179 cm³/mol. The first-order valence-corrected chi connectivity index (χ1v) is 16.0. The second-order valence-electron chi connectivity index (χ2n) is 11.8. The van der Waals surface area contributed by atoms with Crippen molar-refractivity contribution in [3.63, 3.8) is 0 Å². The van der Waals surface area contributed by atoms with Crippen molar-refractivity contribution in [1.82, 2.24) is 20.9 Å². The summed E-state index contributed by atoms with van der Waals surface area (Å²) in [5.74, 6) is -0.754. The summed E-state index contributed by atoms with van der Waals surface area (Å²) in [6.07, 6.45) is 0.672. The van der Waals surface area contributed by atoms with E-state index in [1.165, 1.54) is 4.90 Å². The summed E-state index contributed by atoms with van der Waals surface area (Å²) in [4.78, 5) is 55.5. The van der Waals surface area contributed by atoms with Gasteiger partial charge in [-0.3, -0.25) is 19.2 Å². The highest BCUT2D eigenvalue weighted by atomic mass is 35.5. The highest BCUT2D eigenvalue weighted by molar-refractivity contribution is 6.42. The zero-order valence-electron chi connectivity index (χ0n) is 26.3. The van der Waals surface area contributed by atoms with Gasteiger partial charge in [-0.05, 0) is 58.9 Å². The molecule has 0 spiro atoms. The fourth-order valence-electron chi connectivity index (χ4n) is 5.31. The molecule has 1 aliphatic rings. The molecule has 2 bridgehead atoms. The Labute approximate surface area is 280 Å². The standard InChI is InChI=1S/C35H40Cl2N4O5/c1-22(2)30-19-32(42)38-20-26-8-4-7-24(14-26)18-33(43)40-31(17-25-10-11-28(36)29(37)16-25)35(45)41(21-34(44)39-30)13-12-23-6-5-9-27(15-23)46-3/h4-11,14-16,22,30-31H,12-13,17-21H2,1-3H3,(H,38,42)(H,39,44)(H,40,43)/t30-,31+/m1/s1. The van der Waals surface area contributed by atoms with Crippen LogP contribution in [0, 0.1) is 5.92 Å². The summed E-state index contributed by atoms with van der Waals surface area (Å²) in [5, 5.41) is 9.51. The molecule has 244 valence electrons. The molecule has 9 nitrogen and oxygen atoms in total. The molecule has 0 saturated heterocycles. The van der Waals surface area contributed by atoms with Gasteiger partial charge in [-0.25, -0.2) is 0 Å². The van der Waals surface area contributed by atoms with Crippen LogP contribution < -0.4 is 20.7 Å².